The van der Waals surface area contributed by atoms with Gasteiger partial charge in [0.05, 0.1) is 17.2 Å². The number of H-pyrrole nitrogens is 1. The fourth-order valence-electron chi connectivity index (χ4n) is 3.06. The van der Waals surface area contributed by atoms with E-state index in [2.05, 4.69) is 20.1 Å². The molecule has 0 radical (unpaired) electrons. The van der Waals surface area contributed by atoms with Crippen molar-refractivity contribution in [3.63, 3.8) is 0 Å². The highest BCUT2D eigenvalue weighted by Crippen LogP contribution is 2.28. The SMILES string of the molecule is O=C(c1ccc(F)nc1)N1CCCC(c2nc(-c3cc(F)c[nH]3)no2)C1. The molecule has 1 saturated heterocycles. The van der Waals surface area contributed by atoms with Crippen LogP contribution in [0, 0.1) is 11.8 Å². The third-order valence-electron chi connectivity index (χ3n) is 4.36. The lowest BCUT2D eigenvalue weighted by molar-refractivity contribution is 0.0695. The number of halogens is 2. The van der Waals surface area contributed by atoms with Crippen molar-refractivity contribution in [2.24, 2.45) is 0 Å². The minimum absolute atomic E-state index is 0.109. The highest BCUT2D eigenvalue weighted by molar-refractivity contribution is 5.94. The van der Waals surface area contributed by atoms with E-state index < -0.39 is 11.8 Å². The molecule has 0 bridgehead atoms. The van der Waals surface area contributed by atoms with E-state index >= 15 is 0 Å². The molecule has 26 heavy (non-hydrogen) atoms. The van der Waals surface area contributed by atoms with E-state index in [0.29, 0.717) is 30.2 Å². The number of aromatic nitrogens is 4. The third-order valence-corrected chi connectivity index (χ3v) is 4.36. The van der Waals surface area contributed by atoms with Crippen molar-refractivity contribution in [2.45, 2.75) is 18.8 Å². The van der Waals surface area contributed by atoms with Crippen LogP contribution in [0.15, 0.2) is 35.1 Å². The number of pyridine rings is 1. The molecule has 1 aliphatic heterocycles. The van der Waals surface area contributed by atoms with Gasteiger partial charge in [-0.1, -0.05) is 5.16 Å². The molecule has 0 aromatic carbocycles. The van der Waals surface area contributed by atoms with Gasteiger partial charge in [-0.15, -0.1) is 0 Å². The van der Waals surface area contributed by atoms with Crippen LogP contribution < -0.4 is 0 Å². The zero-order chi connectivity index (χ0) is 18.1. The fourth-order valence-corrected chi connectivity index (χ4v) is 3.06. The van der Waals surface area contributed by atoms with Gasteiger partial charge in [-0.3, -0.25) is 4.79 Å². The van der Waals surface area contributed by atoms with Crippen molar-refractivity contribution >= 4 is 5.91 Å². The maximum absolute atomic E-state index is 13.1. The zero-order valence-corrected chi connectivity index (χ0v) is 13.7. The van der Waals surface area contributed by atoms with Crippen molar-refractivity contribution in [1.29, 1.82) is 0 Å². The predicted octanol–water partition coefficient (Wildman–Crippen LogP) is 2.76. The molecule has 4 heterocycles. The molecule has 9 heteroatoms. The topological polar surface area (TPSA) is 87.9 Å². The lowest BCUT2D eigenvalue weighted by atomic mass is 9.97. The van der Waals surface area contributed by atoms with E-state index in [1.165, 1.54) is 24.5 Å². The Morgan fingerprint density at radius 3 is 2.96 bits per heavy atom. The number of amides is 1. The van der Waals surface area contributed by atoms with Crippen LogP contribution in [0.4, 0.5) is 8.78 Å². The summed E-state index contributed by atoms with van der Waals surface area (Å²) in [6.07, 6.45) is 4.01. The standard InChI is InChI=1S/C17H15F2N5O2/c18-12-6-13(20-8-12)15-22-16(26-23-15)11-2-1-5-24(9-11)17(25)10-3-4-14(19)21-7-10/h3-4,6-8,11,20H,1-2,5,9H2. The second-order valence-electron chi connectivity index (χ2n) is 6.15. The summed E-state index contributed by atoms with van der Waals surface area (Å²) in [5.41, 5.74) is 0.763. The van der Waals surface area contributed by atoms with E-state index in [0.717, 1.165) is 18.9 Å². The molecule has 0 saturated carbocycles. The number of nitrogens with one attached hydrogen (secondary N) is 1. The van der Waals surface area contributed by atoms with Crippen molar-refractivity contribution in [1.82, 2.24) is 25.0 Å². The maximum atomic E-state index is 13.1. The molecule has 1 N–H and O–H groups in total. The Balaban J connectivity index is 1.49. The van der Waals surface area contributed by atoms with Crippen LogP contribution in [0.2, 0.25) is 0 Å². The number of rotatable bonds is 3. The smallest absolute Gasteiger partial charge is 0.255 e. The lowest BCUT2D eigenvalue weighted by Gasteiger charge is -2.31. The first-order valence-electron chi connectivity index (χ1n) is 8.19. The maximum Gasteiger partial charge on any atom is 0.255 e. The number of carbonyl (C=O) groups is 1. The van der Waals surface area contributed by atoms with Gasteiger partial charge < -0.3 is 14.4 Å². The van der Waals surface area contributed by atoms with Gasteiger partial charge in [-0.05, 0) is 25.0 Å². The third kappa shape index (κ3) is 3.19. The normalized spacial score (nSPS) is 17.5. The molecule has 0 aliphatic carbocycles. The van der Waals surface area contributed by atoms with Gasteiger partial charge in [0.25, 0.3) is 5.91 Å². The van der Waals surface area contributed by atoms with Crippen molar-refractivity contribution in [2.75, 3.05) is 13.1 Å². The van der Waals surface area contributed by atoms with Gasteiger partial charge in [0.2, 0.25) is 17.7 Å². The first-order chi connectivity index (χ1) is 12.6. The molecule has 7 nitrogen and oxygen atoms in total. The molecule has 0 spiro atoms. The number of piperidine rings is 1. The predicted molar refractivity (Wildman–Crippen MR) is 86.1 cm³/mol. The number of hydrogen-bond donors (Lipinski definition) is 1. The van der Waals surface area contributed by atoms with Crippen LogP contribution in [0.1, 0.15) is 35.0 Å². The summed E-state index contributed by atoms with van der Waals surface area (Å²) in [5, 5.41) is 3.87. The van der Waals surface area contributed by atoms with E-state index in [1.54, 1.807) is 4.90 Å². The number of carbonyl (C=O) groups excluding carboxylic acids is 1. The Labute approximate surface area is 147 Å². The fraction of sp³-hybridized carbons (Fsp3) is 0.294. The Bertz CT molecular complexity index is 921. The molecular formula is C17H15F2N5O2. The summed E-state index contributed by atoms with van der Waals surface area (Å²) < 4.78 is 31.4. The van der Waals surface area contributed by atoms with E-state index in [4.69, 9.17) is 4.52 Å². The first-order valence-corrected chi connectivity index (χ1v) is 8.19. The van der Waals surface area contributed by atoms with E-state index in [9.17, 15) is 13.6 Å². The lowest BCUT2D eigenvalue weighted by Crippen LogP contribution is -2.39. The molecule has 1 atom stereocenters. The molecule has 3 aromatic rings. The Kier molecular flexibility index (Phi) is 4.19. The Hall–Kier alpha value is -3.10. The molecular weight excluding hydrogens is 344 g/mol. The average Bonchev–Trinajstić information content (AvgIpc) is 3.31. The van der Waals surface area contributed by atoms with Crippen LogP contribution in [0.25, 0.3) is 11.5 Å². The van der Waals surface area contributed by atoms with Gasteiger partial charge in [0.15, 0.2) is 0 Å². The van der Waals surface area contributed by atoms with Crippen LogP contribution in [-0.2, 0) is 0 Å². The Morgan fingerprint density at radius 2 is 2.23 bits per heavy atom. The van der Waals surface area contributed by atoms with Crippen LogP contribution in [-0.4, -0.2) is 44.0 Å². The van der Waals surface area contributed by atoms with E-state index in [1.807, 2.05) is 0 Å². The highest BCUT2D eigenvalue weighted by atomic mass is 19.1. The number of nitrogens with zero attached hydrogens (tertiary/aromatic N) is 4. The molecule has 3 aromatic heterocycles. The minimum Gasteiger partial charge on any atom is -0.356 e. The molecule has 1 fully saturated rings. The number of aromatic amines is 1. The van der Waals surface area contributed by atoms with Crippen molar-refractivity contribution in [3.05, 3.63) is 53.8 Å². The van der Waals surface area contributed by atoms with Gasteiger partial charge >= 0.3 is 0 Å². The highest BCUT2D eigenvalue weighted by Gasteiger charge is 2.29. The molecule has 134 valence electrons. The second kappa shape index (κ2) is 6.66. The summed E-state index contributed by atoms with van der Waals surface area (Å²) in [4.78, 5) is 24.8. The van der Waals surface area contributed by atoms with E-state index in [-0.39, 0.29) is 17.6 Å². The summed E-state index contributed by atoms with van der Waals surface area (Å²) in [7, 11) is 0. The Morgan fingerprint density at radius 1 is 1.35 bits per heavy atom. The molecule has 1 aliphatic rings. The minimum atomic E-state index is -0.628. The monoisotopic (exact) mass is 359 g/mol. The quantitative estimate of drug-likeness (QED) is 0.727. The molecule has 1 amide bonds. The van der Waals surface area contributed by atoms with Crippen LogP contribution >= 0.6 is 0 Å². The van der Waals surface area contributed by atoms with Crippen molar-refractivity contribution in [3.8, 4) is 11.5 Å². The summed E-state index contributed by atoms with van der Waals surface area (Å²) in [6.45, 7) is 1.01. The average molecular weight is 359 g/mol. The summed E-state index contributed by atoms with van der Waals surface area (Å²) in [6, 6.07) is 3.86. The summed E-state index contributed by atoms with van der Waals surface area (Å²) in [5.74, 6) is -0.679. The first kappa shape index (κ1) is 16.4. The van der Waals surface area contributed by atoms with Gasteiger partial charge in [-0.2, -0.15) is 9.37 Å². The summed E-state index contributed by atoms with van der Waals surface area (Å²) >= 11 is 0. The van der Waals surface area contributed by atoms with Gasteiger partial charge in [0, 0.05) is 31.5 Å². The van der Waals surface area contributed by atoms with Gasteiger partial charge in [0.1, 0.15) is 5.82 Å². The van der Waals surface area contributed by atoms with Crippen LogP contribution in [0.5, 0.6) is 0 Å². The number of likely N-dealkylation sites (tertiary alicyclic amines) is 1. The van der Waals surface area contributed by atoms with Gasteiger partial charge in [-0.25, -0.2) is 9.37 Å². The van der Waals surface area contributed by atoms with Crippen molar-refractivity contribution < 1.29 is 18.1 Å². The second-order valence-corrected chi connectivity index (χ2v) is 6.15. The zero-order valence-electron chi connectivity index (χ0n) is 13.7. The largest absolute Gasteiger partial charge is 0.356 e. The molecule has 4 rings (SSSR count). The number of hydrogen-bond acceptors (Lipinski definition) is 5. The molecule has 1 unspecified atom stereocenters. The van der Waals surface area contributed by atoms with Crippen LogP contribution in [0.3, 0.4) is 0 Å².